The fourth-order valence-electron chi connectivity index (χ4n) is 2.50. The Morgan fingerprint density at radius 1 is 1.38 bits per heavy atom. The smallest absolute Gasteiger partial charge is 0.338 e. The third kappa shape index (κ3) is 4.35. The number of urea groups is 1. The Bertz CT molecular complexity index is 676. The topological polar surface area (TPSA) is 67.4 Å². The molecule has 5 nitrogen and oxygen atoms in total. The number of esters is 1. The van der Waals surface area contributed by atoms with Crippen LogP contribution in [0.15, 0.2) is 33.9 Å². The van der Waals surface area contributed by atoms with Crippen molar-refractivity contribution in [2.75, 3.05) is 6.61 Å². The van der Waals surface area contributed by atoms with Crippen molar-refractivity contribution >= 4 is 27.9 Å². The second kappa shape index (κ2) is 8.28. The highest BCUT2D eigenvalue weighted by molar-refractivity contribution is 9.10. The average molecular weight is 399 g/mol. The van der Waals surface area contributed by atoms with E-state index in [-0.39, 0.29) is 4.47 Å². The van der Waals surface area contributed by atoms with E-state index in [1.807, 2.05) is 0 Å². The highest BCUT2D eigenvalue weighted by Crippen LogP contribution is 2.30. The molecule has 1 heterocycles. The Morgan fingerprint density at radius 3 is 2.79 bits per heavy atom. The number of unbranched alkanes of at least 4 members (excludes halogenated alkanes) is 2. The van der Waals surface area contributed by atoms with E-state index >= 15 is 0 Å². The van der Waals surface area contributed by atoms with Gasteiger partial charge in [0.1, 0.15) is 5.82 Å². The third-order valence-corrected chi connectivity index (χ3v) is 4.35. The molecule has 0 radical (unpaired) electrons. The molecular formula is C17H20BrFN2O3. The molecule has 1 aromatic rings. The van der Waals surface area contributed by atoms with E-state index in [0.717, 1.165) is 19.3 Å². The molecule has 24 heavy (non-hydrogen) atoms. The molecule has 0 aromatic heterocycles. The van der Waals surface area contributed by atoms with Crippen molar-refractivity contribution in [3.63, 3.8) is 0 Å². The second-order valence-corrected chi connectivity index (χ2v) is 6.44. The number of carbonyl (C=O) groups is 2. The van der Waals surface area contributed by atoms with Gasteiger partial charge in [0.2, 0.25) is 0 Å². The van der Waals surface area contributed by atoms with Crippen molar-refractivity contribution < 1.29 is 18.7 Å². The highest BCUT2D eigenvalue weighted by Gasteiger charge is 2.32. The summed E-state index contributed by atoms with van der Waals surface area (Å²) in [6.45, 7) is 4.04. The normalized spacial score (nSPS) is 17.3. The predicted molar refractivity (Wildman–Crippen MR) is 91.7 cm³/mol. The lowest BCUT2D eigenvalue weighted by molar-refractivity contribution is -0.139. The van der Waals surface area contributed by atoms with Gasteiger partial charge in [-0.25, -0.2) is 14.0 Å². The van der Waals surface area contributed by atoms with E-state index in [2.05, 4.69) is 33.5 Å². The molecule has 2 rings (SSSR count). The van der Waals surface area contributed by atoms with Crippen LogP contribution in [0.5, 0.6) is 0 Å². The van der Waals surface area contributed by atoms with Crippen LogP contribution in [0.25, 0.3) is 0 Å². The fourth-order valence-corrected chi connectivity index (χ4v) is 2.90. The van der Waals surface area contributed by atoms with Crippen LogP contribution < -0.4 is 10.6 Å². The second-order valence-electron chi connectivity index (χ2n) is 5.59. The zero-order chi connectivity index (χ0) is 17.7. The molecule has 0 saturated heterocycles. The molecule has 0 aliphatic carbocycles. The van der Waals surface area contributed by atoms with Gasteiger partial charge in [-0.2, -0.15) is 0 Å². The lowest BCUT2D eigenvalue weighted by Crippen LogP contribution is -2.45. The summed E-state index contributed by atoms with van der Waals surface area (Å²) in [5.41, 5.74) is 1.35. The van der Waals surface area contributed by atoms with Gasteiger partial charge in [-0.1, -0.05) is 25.8 Å². The number of carbonyl (C=O) groups excluding carboxylic acids is 2. The Kier molecular flexibility index (Phi) is 6.36. The monoisotopic (exact) mass is 398 g/mol. The van der Waals surface area contributed by atoms with Crippen molar-refractivity contribution in [3.05, 3.63) is 45.3 Å². The van der Waals surface area contributed by atoms with Crippen LogP contribution in [0.2, 0.25) is 0 Å². The first kappa shape index (κ1) is 18.4. The molecule has 1 aromatic carbocycles. The third-order valence-electron chi connectivity index (χ3n) is 3.75. The molecule has 7 heteroatoms. The summed E-state index contributed by atoms with van der Waals surface area (Å²) in [7, 11) is 0. The van der Waals surface area contributed by atoms with Crippen molar-refractivity contribution in [1.82, 2.24) is 10.6 Å². The zero-order valence-corrected chi connectivity index (χ0v) is 15.2. The molecular weight excluding hydrogens is 379 g/mol. The molecule has 1 aliphatic rings. The van der Waals surface area contributed by atoms with Crippen molar-refractivity contribution in [2.24, 2.45) is 0 Å². The maximum atomic E-state index is 13.5. The molecule has 0 bridgehead atoms. The number of allylic oxidation sites excluding steroid dienone is 1. The number of hydrogen-bond donors (Lipinski definition) is 2. The minimum atomic E-state index is -0.686. The van der Waals surface area contributed by atoms with Gasteiger partial charge in [0.05, 0.1) is 22.7 Å². The molecule has 130 valence electrons. The summed E-state index contributed by atoms with van der Waals surface area (Å²) in [5, 5.41) is 5.27. The number of rotatable bonds is 6. The minimum absolute atomic E-state index is 0.265. The quantitative estimate of drug-likeness (QED) is 0.562. The largest absolute Gasteiger partial charge is 0.462 e. The van der Waals surface area contributed by atoms with Gasteiger partial charge in [-0.15, -0.1) is 0 Å². The molecule has 2 N–H and O–H groups in total. The van der Waals surface area contributed by atoms with Crippen molar-refractivity contribution in [3.8, 4) is 0 Å². The summed E-state index contributed by atoms with van der Waals surface area (Å²) < 4.78 is 19.0. The Hall–Kier alpha value is -1.89. The molecule has 1 aliphatic heterocycles. The van der Waals surface area contributed by atoms with Crippen LogP contribution in [0.1, 0.15) is 44.7 Å². The van der Waals surface area contributed by atoms with Gasteiger partial charge in [-0.05, 0) is 47.0 Å². The van der Waals surface area contributed by atoms with Crippen LogP contribution >= 0.6 is 15.9 Å². The zero-order valence-electron chi connectivity index (χ0n) is 13.6. The Balaban J connectivity index is 2.26. The lowest BCUT2D eigenvalue weighted by Gasteiger charge is -2.28. The van der Waals surface area contributed by atoms with Crippen LogP contribution in [0.3, 0.4) is 0 Å². The van der Waals surface area contributed by atoms with E-state index in [0.29, 0.717) is 23.4 Å². The average Bonchev–Trinajstić information content (AvgIpc) is 2.53. The number of amides is 2. The number of hydrogen-bond acceptors (Lipinski definition) is 3. The molecule has 1 atom stereocenters. The minimum Gasteiger partial charge on any atom is -0.462 e. The van der Waals surface area contributed by atoms with E-state index in [4.69, 9.17) is 4.74 Å². The van der Waals surface area contributed by atoms with Gasteiger partial charge in [0.15, 0.2) is 0 Å². The standard InChI is InChI=1S/C17H20BrFN2O3/c1-3-4-5-8-24-16(22)14-10(2)20-17(23)21-15(14)11-6-7-13(19)12(18)9-11/h6-7,9,15H,3-5,8H2,1-2H3,(H2,20,21,23)/t15-/m1/s1. The van der Waals surface area contributed by atoms with E-state index in [1.165, 1.54) is 12.1 Å². The molecule has 0 unspecified atom stereocenters. The molecule has 0 spiro atoms. The predicted octanol–water partition coefficient (Wildman–Crippen LogP) is 3.95. The van der Waals surface area contributed by atoms with Gasteiger partial charge in [-0.3, -0.25) is 0 Å². The molecule has 2 amide bonds. The number of nitrogens with one attached hydrogen (secondary N) is 2. The first-order valence-corrected chi connectivity index (χ1v) is 8.63. The summed E-state index contributed by atoms with van der Waals surface area (Å²) in [6, 6.07) is 3.26. The number of benzene rings is 1. The van der Waals surface area contributed by atoms with Crippen LogP contribution in [0, 0.1) is 5.82 Å². The van der Waals surface area contributed by atoms with Crippen LogP contribution in [-0.4, -0.2) is 18.6 Å². The first-order valence-electron chi connectivity index (χ1n) is 7.84. The fraction of sp³-hybridized carbons (Fsp3) is 0.412. The maximum absolute atomic E-state index is 13.5. The van der Waals surface area contributed by atoms with Gasteiger partial charge < -0.3 is 15.4 Å². The summed E-state index contributed by atoms with van der Waals surface area (Å²) in [4.78, 5) is 24.2. The van der Waals surface area contributed by atoms with Crippen LogP contribution in [-0.2, 0) is 9.53 Å². The maximum Gasteiger partial charge on any atom is 0.338 e. The first-order chi connectivity index (χ1) is 11.4. The van der Waals surface area contributed by atoms with Gasteiger partial charge in [0, 0.05) is 5.70 Å². The van der Waals surface area contributed by atoms with Crippen LogP contribution in [0.4, 0.5) is 9.18 Å². The van der Waals surface area contributed by atoms with Gasteiger partial charge >= 0.3 is 12.0 Å². The lowest BCUT2D eigenvalue weighted by atomic mass is 9.95. The van der Waals surface area contributed by atoms with E-state index < -0.39 is 23.9 Å². The van der Waals surface area contributed by atoms with E-state index in [9.17, 15) is 14.0 Å². The Labute approximate surface area is 148 Å². The molecule has 0 saturated carbocycles. The van der Waals surface area contributed by atoms with Crippen molar-refractivity contribution in [2.45, 2.75) is 39.2 Å². The SMILES string of the molecule is CCCCCOC(=O)C1=C(C)NC(=O)N[C@@H]1c1ccc(F)c(Br)c1. The van der Waals surface area contributed by atoms with Crippen molar-refractivity contribution in [1.29, 1.82) is 0 Å². The highest BCUT2D eigenvalue weighted by atomic mass is 79.9. The summed E-state index contributed by atoms with van der Waals surface area (Å²) in [5.74, 6) is -0.898. The number of ether oxygens (including phenoxy) is 1. The molecule has 0 fully saturated rings. The Morgan fingerprint density at radius 2 is 2.12 bits per heavy atom. The summed E-state index contributed by atoms with van der Waals surface area (Å²) >= 11 is 3.12. The summed E-state index contributed by atoms with van der Waals surface area (Å²) in [6.07, 6.45) is 2.80. The van der Waals surface area contributed by atoms with E-state index in [1.54, 1.807) is 13.0 Å². The van der Waals surface area contributed by atoms with Gasteiger partial charge in [0.25, 0.3) is 0 Å². The number of halogens is 2.